The average molecular weight is 109 g/mol. The van der Waals surface area contributed by atoms with Crippen LogP contribution in [-0.4, -0.2) is 0 Å². The smallest absolute Gasteiger partial charge is 0.0357 e. The Balaban J connectivity index is 2.16. The van der Waals surface area contributed by atoms with Gasteiger partial charge in [-0.1, -0.05) is 0 Å². The quantitative estimate of drug-likeness (QED) is 0.447. The summed E-state index contributed by atoms with van der Waals surface area (Å²) in [4.78, 5) is 0. The van der Waals surface area contributed by atoms with E-state index in [1.54, 1.807) is 0 Å². The summed E-state index contributed by atoms with van der Waals surface area (Å²) in [5.74, 6) is 2.90. The predicted octanol–water partition coefficient (Wildman–Crippen LogP) is 2.26. The molecule has 0 aliphatic heterocycles. The van der Waals surface area contributed by atoms with Gasteiger partial charge in [0, 0.05) is 0 Å². The van der Waals surface area contributed by atoms with Crippen LogP contribution >= 0.6 is 0 Å². The van der Waals surface area contributed by atoms with E-state index < -0.39 is 0 Å². The summed E-state index contributed by atoms with van der Waals surface area (Å²) in [6, 6.07) is 0. The molecule has 0 aromatic carbocycles. The van der Waals surface area contributed by atoms with E-state index in [0.29, 0.717) is 0 Å². The van der Waals surface area contributed by atoms with Crippen molar-refractivity contribution >= 4 is 0 Å². The Labute approximate surface area is 51.3 Å². The van der Waals surface area contributed by atoms with Crippen LogP contribution in [0.2, 0.25) is 0 Å². The van der Waals surface area contributed by atoms with Gasteiger partial charge in [-0.3, -0.25) is 0 Å². The van der Waals surface area contributed by atoms with E-state index in [1.165, 1.54) is 25.7 Å². The van der Waals surface area contributed by atoms with Gasteiger partial charge >= 0.3 is 0 Å². The molecule has 0 heteroatoms. The second-order valence-electron chi connectivity index (χ2n) is 3.34. The monoisotopic (exact) mass is 109 g/mol. The van der Waals surface area contributed by atoms with Crippen molar-refractivity contribution in [2.24, 2.45) is 17.8 Å². The van der Waals surface area contributed by atoms with Crippen LogP contribution in [0.3, 0.4) is 0 Å². The summed E-state index contributed by atoms with van der Waals surface area (Å²) in [5.41, 5.74) is 0. The highest BCUT2D eigenvalue weighted by Crippen LogP contribution is 2.48. The van der Waals surface area contributed by atoms with Crippen molar-refractivity contribution in [1.29, 1.82) is 0 Å². The van der Waals surface area contributed by atoms with Gasteiger partial charge in [0.15, 0.2) is 0 Å². The van der Waals surface area contributed by atoms with Crippen LogP contribution in [0, 0.1) is 24.7 Å². The molecule has 2 aliphatic rings. The van der Waals surface area contributed by atoms with Crippen molar-refractivity contribution in [1.82, 2.24) is 0 Å². The van der Waals surface area contributed by atoms with E-state index in [0.717, 1.165) is 17.8 Å². The van der Waals surface area contributed by atoms with E-state index in [-0.39, 0.29) is 0 Å². The highest BCUT2D eigenvalue weighted by molar-refractivity contribution is 4.92. The zero-order chi connectivity index (χ0) is 5.56. The molecule has 2 fully saturated rings. The zero-order valence-electron chi connectivity index (χ0n) is 5.27. The Kier molecular flexibility index (Phi) is 0.902. The molecule has 2 bridgehead atoms. The van der Waals surface area contributed by atoms with Crippen molar-refractivity contribution in [3.8, 4) is 0 Å². The molecule has 2 saturated carbocycles. The Bertz CT molecular complexity index is 76.2. The second kappa shape index (κ2) is 1.49. The van der Waals surface area contributed by atoms with Gasteiger partial charge in [0.05, 0.1) is 0 Å². The van der Waals surface area contributed by atoms with Gasteiger partial charge in [-0.05, 0) is 50.4 Å². The van der Waals surface area contributed by atoms with Gasteiger partial charge in [-0.15, -0.1) is 0 Å². The van der Waals surface area contributed by atoms with Gasteiger partial charge < -0.3 is 0 Å². The van der Waals surface area contributed by atoms with Crippen molar-refractivity contribution < 1.29 is 0 Å². The van der Waals surface area contributed by atoms with Crippen LogP contribution in [0.1, 0.15) is 25.7 Å². The van der Waals surface area contributed by atoms with Crippen molar-refractivity contribution in [3.63, 3.8) is 0 Å². The first-order chi connectivity index (χ1) is 3.88. The number of hydrogen-bond donors (Lipinski definition) is 0. The Morgan fingerprint density at radius 1 is 0.875 bits per heavy atom. The largest absolute Gasteiger partial charge is 0.0499 e. The van der Waals surface area contributed by atoms with E-state index in [4.69, 9.17) is 0 Å². The lowest BCUT2D eigenvalue weighted by molar-refractivity contribution is 0.480. The fourth-order valence-corrected chi connectivity index (χ4v) is 2.39. The highest BCUT2D eigenvalue weighted by Gasteiger charge is 2.38. The summed E-state index contributed by atoms with van der Waals surface area (Å²) < 4.78 is 0. The number of fused-ring (bicyclic) bond motifs is 2. The SMILES string of the molecule is [CH2]C1C2CCC1CC2. The lowest BCUT2D eigenvalue weighted by Gasteiger charge is -2.05. The maximum Gasteiger partial charge on any atom is -0.0357 e. The predicted molar refractivity (Wildman–Crippen MR) is 34.3 cm³/mol. The summed E-state index contributed by atoms with van der Waals surface area (Å²) in [6.45, 7) is 4.16. The van der Waals surface area contributed by atoms with Crippen LogP contribution in [0.4, 0.5) is 0 Å². The Morgan fingerprint density at radius 3 is 1.38 bits per heavy atom. The highest BCUT2D eigenvalue weighted by atomic mass is 14.4. The van der Waals surface area contributed by atoms with Crippen LogP contribution in [0.5, 0.6) is 0 Å². The topological polar surface area (TPSA) is 0 Å². The maximum absolute atomic E-state index is 4.16. The van der Waals surface area contributed by atoms with Gasteiger partial charge in [-0.2, -0.15) is 0 Å². The van der Waals surface area contributed by atoms with Crippen molar-refractivity contribution in [2.45, 2.75) is 25.7 Å². The fourth-order valence-electron chi connectivity index (χ4n) is 2.39. The zero-order valence-corrected chi connectivity index (χ0v) is 5.27. The van der Waals surface area contributed by atoms with Crippen molar-refractivity contribution in [3.05, 3.63) is 6.92 Å². The first-order valence-corrected chi connectivity index (χ1v) is 3.71. The first-order valence-electron chi connectivity index (χ1n) is 3.71. The lowest BCUT2D eigenvalue weighted by Crippen LogP contribution is -1.98. The molecule has 1 radical (unpaired) electrons. The molecule has 0 spiro atoms. The summed E-state index contributed by atoms with van der Waals surface area (Å²) in [5, 5.41) is 0. The molecule has 0 atom stereocenters. The molecular formula is C8H13. The third kappa shape index (κ3) is 0.463. The maximum atomic E-state index is 4.16. The standard InChI is InChI=1S/C8H13/c1-6-7-2-3-8(6)5-4-7/h6-8H,1-5H2. The molecule has 8 heavy (non-hydrogen) atoms. The van der Waals surface area contributed by atoms with Crippen molar-refractivity contribution in [2.75, 3.05) is 0 Å². The van der Waals surface area contributed by atoms with Gasteiger partial charge in [0.25, 0.3) is 0 Å². The summed E-state index contributed by atoms with van der Waals surface area (Å²) in [6.07, 6.45) is 5.94. The normalized spacial score (nSPS) is 52.9. The Hall–Kier alpha value is 0. The van der Waals surface area contributed by atoms with Crippen LogP contribution < -0.4 is 0 Å². The molecule has 0 N–H and O–H groups in total. The molecular weight excluding hydrogens is 96.1 g/mol. The Morgan fingerprint density at radius 2 is 1.25 bits per heavy atom. The molecule has 45 valence electrons. The third-order valence-corrected chi connectivity index (χ3v) is 3.03. The first kappa shape index (κ1) is 4.84. The number of hydrogen-bond acceptors (Lipinski definition) is 0. The van der Waals surface area contributed by atoms with E-state index >= 15 is 0 Å². The van der Waals surface area contributed by atoms with Crippen LogP contribution in [0.15, 0.2) is 0 Å². The molecule has 0 amide bonds. The molecule has 2 aliphatic carbocycles. The van der Waals surface area contributed by atoms with Crippen LogP contribution in [0.25, 0.3) is 0 Å². The van der Waals surface area contributed by atoms with Crippen LogP contribution in [-0.2, 0) is 0 Å². The molecule has 0 saturated heterocycles. The molecule has 0 nitrogen and oxygen atoms in total. The van der Waals surface area contributed by atoms with E-state index in [9.17, 15) is 0 Å². The molecule has 2 rings (SSSR count). The minimum atomic E-state index is 0.843. The van der Waals surface area contributed by atoms with Gasteiger partial charge in [0.1, 0.15) is 0 Å². The molecule has 0 aromatic heterocycles. The minimum absolute atomic E-state index is 0.843. The lowest BCUT2D eigenvalue weighted by atomic mass is 10.0. The third-order valence-electron chi connectivity index (χ3n) is 3.03. The fraction of sp³-hybridized carbons (Fsp3) is 0.875. The van der Waals surface area contributed by atoms with E-state index in [2.05, 4.69) is 6.92 Å². The average Bonchev–Trinajstić information content (AvgIpc) is 2.29. The second-order valence-corrected chi connectivity index (χ2v) is 3.34. The van der Waals surface area contributed by atoms with E-state index in [1.807, 2.05) is 0 Å². The van der Waals surface area contributed by atoms with Gasteiger partial charge in [0.2, 0.25) is 0 Å². The summed E-state index contributed by atoms with van der Waals surface area (Å²) in [7, 11) is 0. The molecule has 0 heterocycles. The number of rotatable bonds is 0. The van der Waals surface area contributed by atoms with Gasteiger partial charge in [-0.25, -0.2) is 0 Å². The molecule has 0 aromatic rings. The summed E-state index contributed by atoms with van der Waals surface area (Å²) >= 11 is 0. The minimum Gasteiger partial charge on any atom is -0.0499 e. The molecule has 0 unspecified atom stereocenters.